The van der Waals surface area contributed by atoms with Crippen molar-refractivity contribution in [2.24, 2.45) is 0 Å². The van der Waals surface area contributed by atoms with Gasteiger partial charge in [-0.15, -0.1) is 0 Å². The third kappa shape index (κ3) is 5.23. The minimum atomic E-state index is -0.205. The predicted octanol–water partition coefficient (Wildman–Crippen LogP) is 2.08. The first-order chi connectivity index (χ1) is 12.2. The Morgan fingerprint density at radius 3 is 2.64 bits per heavy atom. The fourth-order valence-electron chi connectivity index (χ4n) is 2.32. The van der Waals surface area contributed by atoms with Crippen LogP contribution in [0.4, 0.5) is 5.69 Å². The van der Waals surface area contributed by atoms with Gasteiger partial charge in [0.15, 0.2) is 0 Å². The lowest BCUT2D eigenvalue weighted by molar-refractivity contribution is 0.0944. The summed E-state index contributed by atoms with van der Waals surface area (Å²) < 4.78 is 5.62. The van der Waals surface area contributed by atoms with Gasteiger partial charge in [-0.05, 0) is 48.9 Å². The third-order valence-electron chi connectivity index (χ3n) is 3.65. The van der Waals surface area contributed by atoms with Crippen molar-refractivity contribution >= 4 is 11.6 Å². The molecule has 6 nitrogen and oxygen atoms in total. The van der Waals surface area contributed by atoms with Crippen LogP contribution in [0.25, 0.3) is 0 Å². The van der Waals surface area contributed by atoms with Crippen molar-refractivity contribution in [1.82, 2.24) is 5.32 Å². The van der Waals surface area contributed by atoms with Gasteiger partial charge in [-0.25, -0.2) is 0 Å². The van der Waals surface area contributed by atoms with Crippen LogP contribution in [0.5, 0.6) is 5.75 Å². The lowest BCUT2D eigenvalue weighted by Gasteiger charge is -2.13. The number of hydrogen-bond donors (Lipinski definition) is 3. The van der Waals surface area contributed by atoms with E-state index in [2.05, 4.69) is 16.7 Å². The number of carbonyl (C=O) groups excluding carboxylic acids is 1. The van der Waals surface area contributed by atoms with E-state index in [0.29, 0.717) is 30.0 Å². The van der Waals surface area contributed by atoms with E-state index in [1.165, 1.54) is 0 Å². The summed E-state index contributed by atoms with van der Waals surface area (Å²) in [5.41, 5.74) is 2.88. The largest absolute Gasteiger partial charge is 0.492 e. The molecule has 0 saturated carbocycles. The second-order valence-electron chi connectivity index (χ2n) is 5.37. The van der Waals surface area contributed by atoms with Crippen LogP contribution >= 0.6 is 0 Å². The SMILES string of the molecule is Cc1c(NCCOc2ccc(C#N)cc2)cccc1C(=O)NCCO. The van der Waals surface area contributed by atoms with E-state index in [1.807, 2.05) is 19.1 Å². The minimum absolute atomic E-state index is 0.0879. The maximum Gasteiger partial charge on any atom is 0.251 e. The molecule has 3 N–H and O–H groups in total. The summed E-state index contributed by atoms with van der Waals surface area (Å²) in [7, 11) is 0. The van der Waals surface area contributed by atoms with E-state index in [9.17, 15) is 4.79 Å². The molecule has 2 aromatic rings. The van der Waals surface area contributed by atoms with Crippen LogP contribution in [0.2, 0.25) is 0 Å². The van der Waals surface area contributed by atoms with Crippen molar-refractivity contribution in [2.45, 2.75) is 6.92 Å². The van der Waals surface area contributed by atoms with Gasteiger partial charge in [-0.2, -0.15) is 5.26 Å². The maximum absolute atomic E-state index is 12.0. The molecular formula is C19H21N3O3. The van der Waals surface area contributed by atoms with Crippen LogP contribution in [-0.4, -0.2) is 37.3 Å². The molecule has 0 spiro atoms. The Labute approximate surface area is 147 Å². The number of rotatable bonds is 8. The molecule has 0 aliphatic heterocycles. The number of nitrogens with one attached hydrogen (secondary N) is 2. The Morgan fingerprint density at radius 1 is 1.20 bits per heavy atom. The van der Waals surface area contributed by atoms with E-state index in [4.69, 9.17) is 15.1 Å². The summed E-state index contributed by atoms with van der Waals surface area (Å²) in [6, 6.07) is 14.5. The highest BCUT2D eigenvalue weighted by Crippen LogP contribution is 2.19. The summed E-state index contributed by atoms with van der Waals surface area (Å²) in [5, 5.41) is 23.5. The molecule has 25 heavy (non-hydrogen) atoms. The second kappa shape index (κ2) is 9.30. The van der Waals surface area contributed by atoms with Gasteiger partial charge in [0.1, 0.15) is 12.4 Å². The first-order valence-electron chi connectivity index (χ1n) is 8.01. The number of benzene rings is 2. The molecule has 0 atom stereocenters. The molecule has 0 radical (unpaired) electrons. The molecule has 0 unspecified atom stereocenters. The minimum Gasteiger partial charge on any atom is -0.492 e. The molecule has 6 heteroatoms. The smallest absolute Gasteiger partial charge is 0.251 e. The van der Waals surface area contributed by atoms with E-state index in [0.717, 1.165) is 11.3 Å². The summed E-state index contributed by atoms with van der Waals surface area (Å²) >= 11 is 0. The lowest BCUT2D eigenvalue weighted by atomic mass is 10.1. The van der Waals surface area contributed by atoms with Crippen molar-refractivity contribution in [3.63, 3.8) is 0 Å². The van der Waals surface area contributed by atoms with Gasteiger partial charge in [-0.1, -0.05) is 6.07 Å². The van der Waals surface area contributed by atoms with Crippen molar-refractivity contribution in [2.75, 3.05) is 31.6 Å². The maximum atomic E-state index is 12.0. The molecule has 0 aromatic heterocycles. The quantitative estimate of drug-likeness (QED) is 0.640. The molecule has 0 bridgehead atoms. The van der Waals surface area contributed by atoms with Gasteiger partial charge in [0.25, 0.3) is 5.91 Å². The van der Waals surface area contributed by atoms with E-state index >= 15 is 0 Å². The van der Waals surface area contributed by atoms with Crippen LogP contribution in [0.15, 0.2) is 42.5 Å². The van der Waals surface area contributed by atoms with Crippen LogP contribution in [0, 0.1) is 18.3 Å². The number of hydrogen-bond acceptors (Lipinski definition) is 5. The molecule has 0 heterocycles. The van der Waals surface area contributed by atoms with Crippen molar-refractivity contribution in [3.05, 3.63) is 59.2 Å². The van der Waals surface area contributed by atoms with Crippen LogP contribution in [0.3, 0.4) is 0 Å². The number of nitrogens with zero attached hydrogens (tertiary/aromatic N) is 1. The van der Waals surface area contributed by atoms with Crippen molar-refractivity contribution in [3.8, 4) is 11.8 Å². The van der Waals surface area contributed by atoms with Crippen molar-refractivity contribution < 1.29 is 14.6 Å². The number of carbonyl (C=O) groups is 1. The van der Waals surface area contributed by atoms with E-state index in [-0.39, 0.29) is 19.1 Å². The summed E-state index contributed by atoms with van der Waals surface area (Å²) in [5.74, 6) is 0.499. The molecule has 0 aliphatic rings. The Morgan fingerprint density at radius 2 is 1.96 bits per heavy atom. The Balaban J connectivity index is 1.88. The molecule has 0 saturated heterocycles. The molecule has 0 aliphatic carbocycles. The highest BCUT2D eigenvalue weighted by Gasteiger charge is 2.10. The van der Waals surface area contributed by atoms with Crippen molar-refractivity contribution in [1.29, 1.82) is 5.26 Å². The highest BCUT2D eigenvalue weighted by molar-refractivity contribution is 5.97. The second-order valence-corrected chi connectivity index (χ2v) is 5.37. The Hall–Kier alpha value is -3.04. The molecule has 0 fully saturated rings. The average molecular weight is 339 g/mol. The van der Waals surface area contributed by atoms with Crippen LogP contribution in [-0.2, 0) is 0 Å². The standard InChI is InChI=1S/C19H21N3O3/c1-14-17(19(24)22-9-11-23)3-2-4-18(14)21-10-12-25-16-7-5-15(13-20)6-8-16/h2-8,21,23H,9-12H2,1H3,(H,22,24). The summed E-state index contributed by atoms with van der Waals surface area (Å²) in [6.07, 6.45) is 0. The normalized spacial score (nSPS) is 9.96. The molecule has 130 valence electrons. The zero-order valence-electron chi connectivity index (χ0n) is 14.1. The number of anilines is 1. The predicted molar refractivity (Wildman–Crippen MR) is 95.7 cm³/mol. The lowest BCUT2D eigenvalue weighted by Crippen LogP contribution is -2.27. The zero-order chi connectivity index (χ0) is 18.1. The molecule has 2 aromatic carbocycles. The van der Waals surface area contributed by atoms with Gasteiger partial charge in [0.05, 0.1) is 18.2 Å². The topological polar surface area (TPSA) is 94.4 Å². The highest BCUT2D eigenvalue weighted by atomic mass is 16.5. The number of aliphatic hydroxyl groups is 1. The van der Waals surface area contributed by atoms with Crippen LogP contribution < -0.4 is 15.4 Å². The van der Waals surface area contributed by atoms with Gasteiger partial charge in [0, 0.05) is 24.3 Å². The van der Waals surface area contributed by atoms with Gasteiger partial charge in [-0.3, -0.25) is 4.79 Å². The Bertz CT molecular complexity index is 751. The Kier molecular flexibility index (Phi) is 6.81. The van der Waals surface area contributed by atoms with E-state index in [1.54, 1.807) is 30.3 Å². The summed E-state index contributed by atoms with van der Waals surface area (Å²) in [6.45, 7) is 3.04. The fraction of sp³-hybridized carbons (Fsp3) is 0.263. The van der Waals surface area contributed by atoms with Crippen LogP contribution in [0.1, 0.15) is 21.5 Å². The first-order valence-corrected chi connectivity index (χ1v) is 8.01. The van der Waals surface area contributed by atoms with E-state index < -0.39 is 0 Å². The third-order valence-corrected chi connectivity index (χ3v) is 3.65. The summed E-state index contributed by atoms with van der Waals surface area (Å²) in [4.78, 5) is 12.0. The fourth-order valence-corrected chi connectivity index (χ4v) is 2.32. The number of amides is 1. The zero-order valence-corrected chi connectivity index (χ0v) is 14.1. The van der Waals surface area contributed by atoms with Gasteiger partial charge < -0.3 is 20.5 Å². The average Bonchev–Trinajstić information content (AvgIpc) is 2.65. The molecule has 2 rings (SSSR count). The number of nitriles is 1. The van der Waals surface area contributed by atoms with Gasteiger partial charge >= 0.3 is 0 Å². The molecule has 1 amide bonds. The van der Waals surface area contributed by atoms with Gasteiger partial charge in [0.2, 0.25) is 0 Å². The first kappa shape index (κ1) is 18.3. The monoisotopic (exact) mass is 339 g/mol. The number of ether oxygens (including phenoxy) is 1. The molecular weight excluding hydrogens is 318 g/mol. The number of aliphatic hydroxyl groups excluding tert-OH is 1.